The van der Waals surface area contributed by atoms with Crippen molar-refractivity contribution in [3.63, 3.8) is 0 Å². The number of ketones is 1. The van der Waals surface area contributed by atoms with Crippen molar-refractivity contribution in [2.75, 3.05) is 11.9 Å². The van der Waals surface area contributed by atoms with E-state index in [0.717, 1.165) is 5.56 Å². The highest BCUT2D eigenvalue weighted by Crippen LogP contribution is 2.28. The first kappa shape index (κ1) is 15.0. The molecular formula is C17H13N5O3. The number of Topliss-reactive ketones (excluding diaryl/α,β-unsaturated/α-hetero) is 1. The normalized spacial score (nSPS) is 12.9. The molecule has 0 saturated carbocycles. The van der Waals surface area contributed by atoms with Crippen molar-refractivity contribution >= 4 is 17.4 Å². The molecule has 0 unspecified atom stereocenters. The van der Waals surface area contributed by atoms with Crippen molar-refractivity contribution in [3.05, 3.63) is 54.1 Å². The minimum Gasteiger partial charge on any atom is -0.482 e. The summed E-state index contributed by atoms with van der Waals surface area (Å²) in [6.45, 7) is -0.0706. The van der Waals surface area contributed by atoms with Crippen molar-refractivity contribution in [1.29, 1.82) is 0 Å². The summed E-state index contributed by atoms with van der Waals surface area (Å²) in [6, 6.07) is 14.3. The molecule has 1 N–H and O–H groups in total. The maximum atomic E-state index is 12.4. The molecule has 0 bridgehead atoms. The van der Waals surface area contributed by atoms with Crippen LogP contribution in [0.25, 0.3) is 11.4 Å². The van der Waals surface area contributed by atoms with Gasteiger partial charge in [0, 0.05) is 11.1 Å². The molecule has 1 amide bonds. The van der Waals surface area contributed by atoms with Crippen LogP contribution in [-0.2, 0) is 11.3 Å². The van der Waals surface area contributed by atoms with E-state index in [1.54, 1.807) is 18.2 Å². The smallest absolute Gasteiger partial charge is 0.262 e. The van der Waals surface area contributed by atoms with Gasteiger partial charge in [-0.2, -0.15) is 4.80 Å². The third-order valence-corrected chi connectivity index (χ3v) is 3.70. The molecule has 1 aliphatic rings. The maximum absolute atomic E-state index is 12.4. The molecule has 2 heterocycles. The molecule has 0 atom stereocenters. The van der Waals surface area contributed by atoms with Crippen LogP contribution < -0.4 is 10.1 Å². The van der Waals surface area contributed by atoms with E-state index >= 15 is 0 Å². The molecule has 124 valence electrons. The van der Waals surface area contributed by atoms with Crippen LogP contribution >= 0.6 is 0 Å². The molecule has 8 nitrogen and oxygen atoms in total. The average Bonchev–Trinajstić information content (AvgIpc) is 3.10. The summed E-state index contributed by atoms with van der Waals surface area (Å²) in [5, 5.41) is 14.8. The van der Waals surface area contributed by atoms with Gasteiger partial charge in [-0.3, -0.25) is 9.59 Å². The SMILES string of the molecule is O=C1COc2ccc(C(=O)Cn3nnc(-c4ccccc4)n3)cc2N1. The summed E-state index contributed by atoms with van der Waals surface area (Å²) in [6.07, 6.45) is 0. The number of tetrazole rings is 1. The van der Waals surface area contributed by atoms with Crippen LogP contribution in [0.2, 0.25) is 0 Å². The van der Waals surface area contributed by atoms with E-state index in [1.807, 2.05) is 30.3 Å². The van der Waals surface area contributed by atoms with Gasteiger partial charge in [-0.05, 0) is 23.4 Å². The number of hydrogen-bond acceptors (Lipinski definition) is 6. The van der Waals surface area contributed by atoms with E-state index in [1.165, 1.54) is 4.80 Å². The van der Waals surface area contributed by atoms with Gasteiger partial charge in [-0.25, -0.2) is 0 Å². The zero-order valence-corrected chi connectivity index (χ0v) is 13.0. The van der Waals surface area contributed by atoms with Gasteiger partial charge < -0.3 is 10.1 Å². The molecule has 3 aromatic rings. The van der Waals surface area contributed by atoms with Gasteiger partial charge in [0.1, 0.15) is 12.3 Å². The molecule has 0 spiro atoms. The molecule has 4 rings (SSSR count). The molecular weight excluding hydrogens is 322 g/mol. The average molecular weight is 335 g/mol. The van der Waals surface area contributed by atoms with E-state index in [9.17, 15) is 9.59 Å². The maximum Gasteiger partial charge on any atom is 0.262 e. The predicted molar refractivity (Wildman–Crippen MR) is 88.2 cm³/mol. The summed E-state index contributed by atoms with van der Waals surface area (Å²) in [5.41, 5.74) is 1.75. The van der Waals surface area contributed by atoms with E-state index in [-0.39, 0.29) is 24.8 Å². The number of fused-ring (bicyclic) bond motifs is 1. The van der Waals surface area contributed by atoms with Crippen LogP contribution in [0.4, 0.5) is 5.69 Å². The van der Waals surface area contributed by atoms with Gasteiger partial charge in [0.25, 0.3) is 5.91 Å². The molecule has 2 aromatic carbocycles. The first-order valence-corrected chi connectivity index (χ1v) is 7.62. The summed E-state index contributed by atoms with van der Waals surface area (Å²) >= 11 is 0. The zero-order chi connectivity index (χ0) is 17.2. The van der Waals surface area contributed by atoms with Crippen LogP contribution in [0.5, 0.6) is 5.75 Å². The number of ether oxygens (including phenoxy) is 1. The fraction of sp³-hybridized carbons (Fsp3) is 0.118. The third-order valence-electron chi connectivity index (χ3n) is 3.70. The Morgan fingerprint density at radius 3 is 2.88 bits per heavy atom. The van der Waals surface area contributed by atoms with Crippen LogP contribution in [-0.4, -0.2) is 38.5 Å². The zero-order valence-electron chi connectivity index (χ0n) is 13.0. The van der Waals surface area contributed by atoms with E-state index in [4.69, 9.17) is 4.74 Å². The number of carbonyl (C=O) groups excluding carboxylic acids is 2. The van der Waals surface area contributed by atoms with Crippen molar-refractivity contribution in [2.45, 2.75) is 6.54 Å². The highest BCUT2D eigenvalue weighted by Gasteiger charge is 2.18. The second kappa shape index (κ2) is 6.16. The fourth-order valence-electron chi connectivity index (χ4n) is 2.49. The van der Waals surface area contributed by atoms with Crippen molar-refractivity contribution in [3.8, 4) is 17.1 Å². The Kier molecular flexibility index (Phi) is 3.70. The highest BCUT2D eigenvalue weighted by atomic mass is 16.5. The van der Waals surface area contributed by atoms with Gasteiger partial charge in [-0.1, -0.05) is 30.3 Å². The minimum atomic E-state index is -0.248. The van der Waals surface area contributed by atoms with Crippen LogP contribution in [0.1, 0.15) is 10.4 Å². The molecule has 25 heavy (non-hydrogen) atoms. The lowest BCUT2D eigenvalue weighted by molar-refractivity contribution is -0.118. The first-order valence-electron chi connectivity index (χ1n) is 7.62. The predicted octanol–water partition coefficient (Wildman–Crippen LogP) is 1.55. The topological polar surface area (TPSA) is 99.0 Å². The Morgan fingerprint density at radius 2 is 2.04 bits per heavy atom. The molecule has 0 aliphatic carbocycles. The highest BCUT2D eigenvalue weighted by molar-refractivity contribution is 6.00. The van der Waals surface area contributed by atoms with Gasteiger partial charge in [0.15, 0.2) is 12.4 Å². The summed E-state index contributed by atoms with van der Waals surface area (Å²) in [5.74, 6) is 0.558. The number of nitrogens with zero attached hydrogens (tertiary/aromatic N) is 4. The number of aromatic nitrogens is 4. The largest absolute Gasteiger partial charge is 0.482 e. The number of rotatable bonds is 4. The Balaban J connectivity index is 1.52. The molecule has 1 aliphatic heterocycles. The lowest BCUT2D eigenvalue weighted by Crippen LogP contribution is -2.25. The summed E-state index contributed by atoms with van der Waals surface area (Å²) in [7, 11) is 0. The second-order valence-electron chi connectivity index (χ2n) is 5.48. The standard InChI is InChI=1S/C17H13N5O3/c23-14(12-6-7-15-13(8-12)18-16(24)10-25-15)9-22-20-17(19-21-22)11-4-2-1-3-5-11/h1-8H,9-10H2,(H,18,24). The van der Waals surface area contributed by atoms with Crippen molar-refractivity contribution in [1.82, 2.24) is 20.2 Å². The number of hydrogen-bond donors (Lipinski definition) is 1. The number of anilines is 1. The van der Waals surface area contributed by atoms with Gasteiger partial charge >= 0.3 is 0 Å². The van der Waals surface area contributed by atoms with Crippen LogP contribution in [0.3, 0.4) is 0 Å². The summed E-state index contributed by atoms with van der Waals surface area (Å²) in [4.78, 5) is 25.1. The summed E-state index contributed by atoms with van der Waals surface area (Å²) < 4.78 is 5.28. The Morgan fingerprint density at radius 1 is 1.20 bits per heavy atom. The monoisotopic (exact) mass is 335 g/mol. The van der Waals surface area contributed by atoms with Crippen molar-refractivity contribution < 1.29 is 14.3 Å². The molecule has 0 fully saturated rings. The number of amides is 1. The first-order chi connectivity index (χ1) is 12.2. The van der Waals surface area contributed by atoms with E-state index < -0.39 is 0 Å². The quantitative estimate of drug-likeness (QED) is 0.726. The lowest BCUT2D eigenvalue weighted by Gasteiger charge is -2.18. The van der Waals surface area contributed by atoms with E-state index in [0.29, 0.717) is 22.8 Å². The van der Waals surface area contributed by atoms with Crippen molar-refractivity contribution in [2.24, 2.45) is 0 Å². The number of carbonyl (C=O) groups is 2. The van der Waals surface area contributed by atoms with Gasteiger partial charge in [0.2, 0.25) is 5.82 Å². The molecule has 1 aromatic heterocycles. The lowest BCUT2D eigenvalue weighted by atomic mass is 10.1. The Labute approximate surface area is 142 Å². The minimum absolute atomic E-state index is 0.0224. The van der Waals surface area contributed by atoms with Crippen LogP contribution in [0.15, 0.2) is 48.5 Å². The molecule has 0 saturated heterocycles. The van der Waals surface area contributed by atoms with Gasteiger partial charge in [-0.15, -0.1) is 10.2 Å². The molecule has 8 heteroatoms. The van der Waals surface area contributed by atoms with E-state index in [2.05, 4.69) is 20.7 Å². The van der Waals surface area contributed by atoms with Gasteiger partial charge in [0.05, 0.1) is 5.69 Å². The Hall–Kier alpha value is -3.55. The fourth-order valence-corrected chi connectivity index (χ4v) is 2.49. The Bertz CT molecular complexity index is 952. The second-order valence-corrected chi connectivity index (χ2v) is 5.48. The molecule has 0 radical (unpaired) electrons. The van der Waals surface area contributed by atoms with Crippen LogP contribution in [0, 0.1) is 0 Å². The number of nitrogens with one attached hydrogen (secondary N) is 1. The third kappa shape index (κ3) is 3.09. The number of benzene rings is 2.